The molecule has 1 aromatic heterocycles. The lowest BCUT2D eigenvalue weighted by atomic mass is 9.97. The van der Waals surface area contributed by atoms with E-state index in [1.54, 1.807) is 0 Å². The van der Waals surface area contributed by atoms with E-state index in [1.165, 1.54) is 6.33 Å². The highest BCUT2D eigenvalue weighted by molar-refractivity contribution is 5.99. The summed E-state index contributed by atoms with van der Waals surface area (Å²) in [4.78, 5) is 16.7. The average molecular weight is 271 g/mol. The van der Waals surface area contributed by atoms with Gasteiger partial charge in [0.05, 0.1) is 6.42 Å². The minimum absolute atomic E-state index is 0.110. The highest BCUT2D eigenvalue weighted by atomic mass is 16.1. The van der Waals surface area contributed by atoms with E-state index in [2.05, 4.69) is 23.9 Å². The SMILES string of the molecule is Cc1cccc(C)c1C(=O)Cc1ncnn1CC(C)C. The number of carbonyl (C=O) groups is 1. The van der Waals surface area contributed by atoms with Gasteiger partial charge in [-0.15, -0.1) is 0 Å². The van der Waals surface area contributed by atoms with E-state index in [0.717, 1.165) is 29.1 Å². The molecule has 0 radical (unpaired) electrons. The maximum atomic E-state index is 12.5. The van der Waals surface area contributed by atoms with Crippen LogP contribution in [0.4, 0.5) is 0 Å². The Hall–Kier alpha value is -1.97. The summed E-state index contributed by atoms with van der Waals surface area (Å²) in [6, 6.07) is 5.92. The lowest BCUT2D eigenvalue weighted by molar-refractivity contribution is 0.0988. The van der Waals surface area contributed by atoms with Crippen LogP contribution in [-0.4, -0.2) is 20.5 Å². The van der Waals surface area contributed by atoms with E-state index in [1.807, 2.05) is 36.7 Å². The van der Waals surface area contributed by atoms with Crippen LogP contribution < -0.4 is 0 Å². The van der Waals surface area contributed by atoms with Gasteiger partial charge in [0.1, 0.15) is 12.2 Å². The summed E-state index contributed by atoms with van der Waals surface area (Å²) in [5, 5.41) is 4.20. The molecule has 0 amide bonds. The molecule has 0 unspecified atom stereocenters. The monoisotopic (exact) mass is 271 g/mol. The number of carbonyl (C=O) groups excluding carboxylic acids is 1. The Labute approximate surface area is 119 Å². The highest BCUT2D eigenvalue weighted by Crippen LogP contribution is 2.16. The zero-order valence-electron chi connectivity index (χ0n) is 12.6. The average Bonchev–Trinajstić information content (AvgIpc) is 2.75. The summed E-state index contributed by atoms with van der Waals surface area (Å²) in [6.45, 7) is 8.98. The van der Waals surface area contributed by atoms with E-state index in [-0.39, 0.29) is 5.78 Å². The van der Waals surface area contributed by atoms with E-state index in [0.29, 0.717) is 12.3 Å². The number of aromatic nitrogens is 3. The molecular formula is C16H21N3O. The van der Waals surface area contributed by atoms with Crippen LogP contribution in [0.2, 0.25) is 0 Å². The number of aryl methyl sites for hydroxylation is 2. The van der Waals surface area contributed by atoms with Gasteiger partial charge in [-0.3, -0.25) is 4.79 Å². The van der Waals surface area contributed by atoms with Gasteiger partial charge in [0.15, 0.2) is 5.78 Å². The molecule has 0 aliphatic rings. The third-order valence-electron chi connectivity index (χ3n) is 3.31. The molecule has 106 valence electrons. The fourth-order valence-electron chi connectivity index (χ4n) is 2.41. The fourth-order valence-corrected chi connectivity index (χ4v) is 2.41. The van der Waals surface area contributed by atoms with Gasteiger partial charge in [0.25, 0.3) is 0 Å². The van der Waals surface area contributed by atoms with Crippen LogP contribution in [0.1, 0.15) is 41.2 Å². The molecule has 2 aromatic rings. The summed E-state index contributed by atoms with van der Waals surface area (Å²) in [5.41, 5.74) is 2.85. The lowest BCUT2D eigenvalue weighted by Crippen LogP contribution is -2.15. The van der Waals surface area contributed by atoms with Crippen molar-refractivity contribution in [2.75, 3.05) is 0 Å². The molecule has 2 rings (SSSR count). The van der Waals surface area contributed by atoms with Gasteiger partial charge in [-0.2, -0.15) is 5.10 Å². The number of Topliss-reactive ketones (excluding diaryl/α,β-unsaturated/α-hetero) is 1. The smallest absolute Gasteiger partial charge is 0.170 e. The van der Waals surface area contributed by atoms with Crippen LogP contribution in [0, 0.1) is 19.8 Å². The van der Waals surface area contributed by atoms with Gasteiger partial charge in [0.2, 0.25) is 0 Å². The van der Waals surface area contributed by atoms with Crippen LogP contribution in [-0.2, 0) is 13.0 Å². The fraction of sp³-hybridized carbons (Fsp3) is 0.438. The minimum Gasteiger partial charge on any atom is -0.294 e. The van der Waals surface area contributed by atoms with Crippen molar-refractivity contribution in [1.82, 2.24) is 14.8 Å². The topological polar surface area (TPSA) is 47.8 Å². The molecule has 4 heteroatoms. The van der Waals surface area contributed by atoms with Crippen molar-refractivity contribution in [3.05, 3.63) is 47.0 Å². The van der Waals surface area contributed by atoms with Gasteiger partial charge >= 0.3 is 0 Å². The van der Waals surface area contributed by atoms with E-state index >= 15 is 0 Å². The van der Waals surface area contributed by atoms with Crippen LogP contribution in [0.15, 0.2) is 24.5 Å². The lowest BCUT2D eigenvalue weighted by Gasteiger charge is -2.10. The van der Waals surface area contributed by atoms with E-state index < -0.39 is 0 Å². The molecule has 20 heavy (non-hydrogen) atoms. The van der Waals surface area contributed by atoms with Crippen molar-refractivity contribution >= 4 is 5.78 Å². The second kappa shape index (κ2) is 5.99. The molecule has 0 bridgehead atoms. The molecule has 0 atom stereocenters. The van der Waals surface area contributed by atoms with Gasteiger partial charge < -0.3 is 0 Å². The van der Waals surface area contributed by atoms with Crippen molar-refractivity contribution in [2.45, 2.75) is 40.7 Å². The normalized spacial score (nSPS) is 11.1. The number of rotatable bonds is 5. The van der Waals surface area contributed by atoms with Gasteiger partial charge in [-0.1, -0.05) is 32.0 Å². The Bertz CT molecular complexity index is 594. The second-order valence-corrected chi connectivity index (χ2v) is 5.62. The summed E-state index contributed by atoms with van der Waals surface area (Å²) < 4.78 is 1.83. The molecule has 1 heterocycles. The van der Waals surface area contributed by atoms with Crippen LogP contribution >= 0.6 is 0 Å². The van der Waals surface area contributed by atoms with Crippen LogP contribution in [0.3, 0.4) is 0 Å². The predicted molar refractivity (Wildman–Crippen MR) is 78.8 cm³/mol. The number of ketones is 1. The maximum absolute atomic E-state index is 12.5. The number of hydrogen-bond donors (Lipinski definition) is 0. The van der Waals surface area contributed by atoms with Gasteiger partial charge in [-0.05, 0) is 30.9 Å². The zero-order valence-corrected chi connectivity index (χ0v) is 12.6. The standard InChI is InChI=1S/C16H21N3O/c1-11(2)9-19-15(17-10-18-19)8-14(20)16-12(3)6-5-7-13(16)4/h5-7,10-11H,8-9H2,1-4H3. The summed E-state index contributed by atoms with van der Waals surface area (Å²) >= 11 is 0. The van der Waals surface area contributed by atoms with Crippen molar-refractivity contribution in [3.8, 4) is 0 Å². The van der Waals surface area contributed by atoms with Crippen molar-refractivity contribution < 1.29 is 4.79 Å². The third kappa shape index (κ3) is 3.13. The molecule has 0 aliphatic heterocycles. The minimum atomic E-state index is 0.110. The number of benzene rings is 1. The second-order valence-electron chi connectivity index (χ2n) is 5.62. The molecule has 0 saturated heterocycles. The maximum Gasteiger partial charge on any atom is 0.170 e. The van der Waals surface area contributed by atoms with Crippen molar-refractivity contribution in [1.29, 1.82) is 0 Å². The van der Waals surface area contributed by atoms with Gasteiger partial charge in [0, 0.05) is 12.1 Å². The molecular weight excluding hydrogens is 250 g/mol. The molecule has 1 aromatic carbocycles. The molecule has 0 aliphatic carbocycles. The molecule has 0 saturated carbocycles. The summed E-state index contributed by atoms with van der Waals surface area (Å²) in [7, 11) is 0. The molecule has 4 nitrogen and oxygen atoms in total. The summed E-state index contributed by atoms with van der Waals surface area (Å²) in [5.74, 6) is 1.33. The van der Waals surface area contributed by atoms with Crippen molar-refractivity contribution in [3.63, 3.8) is 0 Å². The first-order chi connectivity index (χ1) is 9.49. The predicted octanol–water partition coefficient (Wildman–Crippen LogP) is 2.98. The van der Waals surface area contributed by atoms with Crippen molar-refractivity contribution in [2.24, 2.45) is 5.92 Å². The Morgan fingerprint density at radius 1 is 1.25 bits per heavy atom. The molecule has 0 spiro atoms. The van der Waals surface area contributed by atoms with E-state index in [9.17, 15) is 4.79 Å². The highest BCUT2D eigenvalue weighted by Gasteiger charge is 2.16. The molecule has 0 fully saturated rings. The summed E-state index contributed by atoms with van der Waals surface area (Å²) in [6.07, 6.45) is 1.83. The quantitative estimate of drug-likeness (QED) is 0.785. The van der Waals surface area contributed by atoms with Crippen LogP contribution in [0.25, 0.3) is 0 Å². The van der Waals surface area contributed by atoms with Gasteiger partial charge in [-0.25, -0.2) is 9.67 Å². The molecule has 0 N–H and O–H groups in total. The first-order valence-electron chi connectivity index (χ1n) is 6.95. The Balaban J connectivity index is 2.22. The zero-order chi connectivity index (χ0) is 14.7. The Morgan fingerprint density at radius 2 is 1.90 bits per heavy atom. The Kier molecular flexibility index (Phi) is 4.32. The van der Waals surface area contributed by atoms with E-state index in [4.69, 9.17) is 0 Å². The Morgan fingerprint density at radius 3 is 2.50 bits per heavy atom. The first-order valence-corrected chi connectivity index (χ1v) is 6.95. The first kappa shape index (κ1) is 14.4. The number of nitrogens with zero attached hydrogens (tertiary/aromatic N) is 3. The third-order valence-corrected chi connectivity index (χ3v) is 3.31. The van der Waals surface area contributed by atoms with Crippen LogP contribution in [0.5, 0.6) is 0 Å². The largest absolute Gasteiger partial charge is 0.294 e. The number of hydrogen-bond acceptors (Lipinski definition) is 3.